The summed E-state index contributed by atoms with van der Waals surface area (Å²) in [4.78, 5) is 14.1. The van der Waals surface area contributed by atoms with E-state index in [-0.39, 0.29) is 18.0 Å². The summed E-state index contributed by atoms with van der Waals surface area (Å²) in [6, 6.07) is 15.4. The van der Waals surface area contributed by atoms with Gasteiger partial charge in [0.1, 0.15) is 5.82 Å². The van der Waals surface area contributed by atoms with E-state index in [1.807, 2.05) is 12.1 Å². The maximum Gasteiger partial charge on any atom is 0.322 e. The van der Waals surface area contributed by atoms with Crippen molar-refractivity contribution in [2.45, 2.75) is 25.4 Å². The standard InChI is InChI=1S/C21H23FN4O/c1-26(19-4-2-3-17(12-19)14-23)21(27)25-20-13-16(9-10-24-20)11-15-5-7-18(22)8-6-15/h2-8,12,16,20,24H,9-11,13H2,1H3,(H,25,27)/t16-,20+/m0/s1. The fraction of sp³-hybridized carbons (Fsp3) is 0.333. The molecule has 1 fully saturated rings. The molecule has 0 aliphatic carbocycles. The van der Waals surface area contributed by atoms with Crippen molar-refractivity contribution in [2.75, 3.05) is 18.5 Å². The van der Waals surface area contributed by atoms with Crippen LogP contribution in [0.4, 0.5) is 14.9 Å². The molecule has 2 aromatic rings. The van der Waals surface area contributed by atoms with Gasteiger partial charge in [0.2, 0.25) is 0 Å². The van der Waals surface area contributed by atoms with Crippen LogP contribution in [-0.2, 0) is 6.42 Å². The molecule has 140 valence electrons. The number of nitriles is 1. The monoisotopic (exact) mass is 366 g/mol. The molecule has 1 heterocycles. The fourth-order valence-electron chi connectivity index (χ4n) is 3.39. The maximum atomic E-state index is 13.1. The van der Waals surface area contributed by atoms with E-state index in [2.05, 4.69) is 16.7 Å². The van der Waals surface area contributed by atoms with Crippen LogP contribution in [0.15, 0.2) is 48.5 Å². The minimum atomic E-state index is -0.224. The van der Waals surface area contributed by atoms with Gasteiger partial charge in [-0.15, -0.1) is 0 Å². The second-order valence-corrected chi connectivity index (χ2v) is 6.90. The van der Waals surface area contributed by atoms with Crippen LogP contribution < -0.4 is 15.5 Å². The van der Waals surface area contributed by atoms with Gasteiger partial charge in [-0.25, -0.2) is 9.18 Å². The number of hydrogen-bond acceptors (Lipinski definition) is 3. The number of rotatable bonds is 4. The highest BCUT2D eigenvalue weighted by Gasteiger charge is 2.24. The second kappa shape index (κ2) is 8.65. The predicted molar refractivity (Wildman–Crippen MR) is 103 cm³/mol. The quantitative estimate of drug-likeness (QED) is 0.871. The van der Waals surface area contributed by atoms with E-state index in [1.54, 1.807) is 31.3 Å². The average Bonchev–Trinajstić information content (AvgIpc) is 2.69. The van der Waals surface area contributed by atoms with Gasteiger partial charge < -0.3 is 5.32 Å². The Hall–Kier alpha value is -2.91. The van der Waals surface area contributed by atoms with Gasteiger partial charge in [-0.3, -0.25) is 10.2 Å². The van der Waals surface area contributed by atoms with E-state index in [0.717, 1.165) is 31.4 Å². The molecule has 2 N–H and O–H groups in total. The van der Waals surface area contributed by atoms with Gasteiger partial charge in [-0.2, -0.15) is 5.26 Å². The number of nitrogens with one attached hydrogen (secondary N) is 2. The fourth-order valence-corrected chi connectivity index (χ4v) is 3.39. The highest BCUT2D eigenvalue weighted by atomic mass is 19.1. The van der Waals surface area contributed by atoms with Crippen LogP contribution in [0.25, 0.3) is 0 Å². The summed E-state index contributed by atoms with van der Waals surface area (Å²) >= 11 is 0. The number of anilines is 1. The number of hydrogen-bond donors (Lipinski definition) is 2. The minimum absolute atomic E-state index is 0.113. The number of carbonyl (C=O) groups excluding carboxylic acids is 1. The number of benzene rings is 2. The third kappa shape index (κ3) is 5.05. The highest BCUT2D eigenvalue weighted by molar-refractivity contribution is 5.91. The molecular formula is C21H23FN4O. The molecule has 0 spiro atoms. The third-order valence-electron chi connectivity index (χ3n) is 4.91. The van der Waals surface area contributed by atoms with Crippen molar-refractivity contribution in [1.82, 2.24) is 10.6 Å². The molecule has 0 unspecified atom stereocenters. The summed E-state index contributed by atoms with van der Waals surface area (Å²) in [5.41, 5.74) is 2.30. The summed E-state index contributed by atoms with van der Waals surface area (Å²) in [5.74, 6) is 0.201. The zero-order valence-corrected chi connectivity index (χ0v) is 15.3. The molecule has 5 nitrogen and oxygen atoms in total. The Balaban J connectivity index is 1.57. The number of piperidine rings is 1. The van der Waals surface area contributed by atoms with Gasteiger partial charge in [0.15, 0.2) is 0 Å². The van der Waals surface area contributed by atoms with Crippen LogP contribution in [0.3, 0.4) is 0 Å². The van der Waals surface area contributed by atoms with E-state index < -0.39 is 0 Å². The maximum absolute atomic E-state index is 13.1. The Morgan fingerprint density at radius 2 is 2.11 bits per heavy atom. The first-order chi connectivity index (χ1) is 13.0. The van der Waals surface area contributed by atoms with E-state index in [4.69, 9.17) is 5.26 Å². The largest absolute Gasteiger partial charge is 0.322 e. The molecule has 3 rings (SSSR count). The lowest BCUT2D eigenvalue weighted by molar-refractivity contribution is 0.226. The van der Waals surface area contributed by atoms with Gasteiger partial charge >= 0.3 is 6.03 Å². The van der Waals surface area contributed by atoms with Crippen molar-refractivity contribution in [1.29, 1.82) is 5.26 Å². The molecule has 6 heteroatoms. The summed E-state index contributed by atoms with van der Waals surface area (Å²) < 4.78 is 13.1. The Kier molecular flexibility index (Phi) is 6.05. The summed E-state index contributed by atoms with van der Waals surface area (Å²) in [5, 5.41) is 15.4. The number of urea groups is 1. The van der Waals surface area contributed by atoms with Crippen LogP contribution in [0.1, 0.15) is 24.0 Å². The summed E-state index contributed by atoms with van der Waals surface area (Å²) in [6.07, 6.45) is 2.59. The van der Waals surface area contributed by atoms with E-state index in [9.17, 15) is 9.18 Å². The van der Waals surface area contributed by atoms with E-state index >= 15 is 0 Å². The molecule has 1 aliphatic rings. The van der Waals surface area contributed by atoms with Crippen molar-refractivity contribution < 1.29 is 9.18 Å². The number of nitrogens with zero attached hydrogens (tertiary/aromatic N) is 2. The first-order valence-corrected chi connectivity index (χ1v) is 9.07. The lowest BCUT2D eigenvalue weighted by Gasteiger charge is -2.32. The summed E-state index contributed by atoms with van der Waals surface area (Å²) in [6.45, 7) is 0.824. The molecule has 2 aromatic carbocycles. The van der Waals surface area contributed by atoms with Gasteiger partial charge in [0, 0.05) is 12.7 Å². The van der Waals surface area contributed by atoms with Crippen molar-refractivity contribution >= 4 is 11.7 Å². The first-order valence-electron chi connectivity index (χ1n) is 9.07. The molecular weight excluding hydrogens is 343 g/mol. The zero-order valence-electron chi connectivity index (χ0n) is 15.3. The molecule has 2 atom stereocenters. The Morgan fingerprint density at radius 1 is 1.33 bits per heavy atom. The molecule has 0 radical (unpaired) electrons. The highest BCUT2D eigenvalue weighted by Crippen LogP contribution is 2.21. The zero-order chi connectivity index (χ0) is 19.2. The van der Waals surface area contributed by atoms with Crippen LogP contribution >= 0.6 is 0 Å². The predicted octanol–water partition coefficient (Wildman–Crippen LogP) is 3.41. The lowest BCUT2D eigenvalue weighted by atomic mass is 9.89. The number of carbonyl (C=O) groups is 1. The minimum Gasteiger partial charge on any atom is -0.322 e. The van der Waals surface area contributed by atoms with Crippen molar-refractivity contribution in [3.63, 3.8) is 0 Å². The van der Waals surface area contributed by atoms with E-state index in [0.29, 0.717) is 17.2 Å². The average molecular weight is 366 g/mol. The molecule has 0 aromatic heterocycles. The molecule has 27 heavy (non-hydrogen) atoms. The normalized spacial score (nSPS) is 19.1. The Labute approximate surface area is 158 Å². The third-order valence-corrected chi connectivity index (χ3v) is 4.91. The first kappa shape index (κ1) is 18.9. The van der Waals surface area contributed by atoms with Crippen LogP contribution in [0.2, 0.25) is 0 Å². The molecule has 1 saturated heterocycles. The Morgan fingerprint density at radius 3 is 2.85 bits per heavy atom. The lowest BCUT2D eigenvalue weighted by Crippen LogP contribution is -2.53. The second-order valence-electron chi connectivity index (χ2n) is 6.90. The number of amides is 2. The van der Waals surface area contributed by atoms with Crippen molar-refractivity contribution in [3.8, 4) is 6.07 Å². The van der Waals surface area contributed by atoms with Gasteiger partial charge in [0.05, 0.1) is 17.8 Å². The van der Waals surface area contributed by atoms with E-state index in [1.165, 1.54) is 17.0 Å². The van der Waals surface area contributed by atoms with Gasteiger partial charge in [-0.1, -0.05) is 18.2 Å². The Bertz CT molecular complexity index is 831. The van der Waals surface area contributed by atoms with Crippen LogP contribution in [0, 0.1) is 23.1 Å². The molecule has 0 bridgehead atoms. The summed E-state index contributed by atoms with van der Waals surface area (Å²) in [7, 11) is 1.69. The van der Waals surface area contributed by atoms with Crippen molar-refractivity contribution in [3.05, 3.63) is 65.5 Å². The smallest absolute Gasteiger partial charge is 0.322 e. The SMILES string of the molecule is CN(C(=O)N[C@@H]1C[C@H](Cc2ccc(F)cc2)CCN1)c1cccc(C#N)c1. The van der Waals surface area contributed by atoms with Gasteiger partial charge in [-0.05, 0) is 67.6 Å². The number of halogens is 1. The molecule has 2 amide bonds. The topological polar surface area (TPSA) is 68.2 Å². The molecule has 0 saturated carbocycles. The molecule has 1 aliphatic heterocycles. The van der Waals surface area contributed by atoms with Crippen LogP contribution in [0.5, 0.6) is 0 Å². The van der Waals surface area contributed by atoms with Crippen molar-refractivity contribution in [2.24, 2.45) is 5.92 Å². The van der Waals surface area contributed by atoms with Crippen LogP contribution in [-0.4, -0.2) is 25.8 Å². The van der Waals surface area contributed by atoms with Gasteiger partial charge in [0.25, 0.3) is 0 Å².